The van der Waals surface area contributed by atoms with Gasteiger partial charge in [0.25, 0.3) is 0 Å². The summed E-state index contributed by atoms with van der Waals surface area (Å²) in [7, 11) is 0. The first-order valence-electron chi connectivity index (χ1n) is 9.12. The van der Waals surface area contributed by atoms with E-state index in [-0.39, 0.29) is 17.7 Å². The van der Waals surface area contributed by atoms with Crippen molar-refractivity contribution in [1.82, 2.24) is 9.97 Å². The zero-order chi connectivity index (χ0) is 18.6. The van der Waals surface area contributed by atoms with Gasteiger partial charge >= 0.3 is 0 Å². The van der Waals surface area contributed by atoms with Crippen molar-refractivity contribution < 1.29 is 9.50 Å². The molecule has 0 aliphatic heterocycles. The number of rotatable bonds is 3. The summed E-state index contributed by atoms with van der Waals surface area (Å²) in [6, 6.07) is 17.6. The molecule has 0 unspecified atom stereocenters. The van der Waals surface area contributed by atoms with Gasteiger partial charge in [-0.1, -0.05) is 48.5 Å². The van der Waals surface area contributed by atoms with Crippen LogP contribution in [0, 0.1) is 5.82 Å². The van der Waals surface area contributed by atoms with Gasteiger partial charge < -0.3 is 5.11 Å². The summed E-state index contributed by atoms with van der Waals surface area (Å²) < 4.78 is 14.4. The van der Waals surface area contributed by atoms with Crippen LogP contribution in [-0.2, 0) is 0 Å². The molecule has 4 rings (SSSR count). The second-order valence-corrected chi connectivity index (χ2v) is 6.72. The normalized spacial score (nSPS) is 17.0. The Bertz CT molecular complexity index is 962. The first-order valence-corrected chi connectivity index (χ1v) is 9.12. The van der Waals surface area contributed by atoms with E-state index >= 15 is 0 Å². The topological polar surface area (TPSA) is 58.4 Å². The zero-order valence-corrected chi connectivity index (χ0v) is 14.8. The van der Waals surface area contributed by atoms with Crippen molar-refractivity contribution in [1.29, 1.82) is 0 Å². The summed E-state index contributed by atoms with van der Waals surface area (Å²) in [4.78, 5) is 12.9. The summed E-state index contributed by atoms with van der Waals surface area (Å²) in [5.41, 5.74) is 3.96. The molecule has 0 atom stereocenters. The minimum Gasteiger partial charge on any atom is -0.393 e. The van der Waals surface area contributed by atoms with Crippen molar-refractivity contribution in [3.8, 4) is 22.4 Å². The van der Waals surface area contributed by atoms with Gasteiger partial charge in [0.2, 0.25) is 5.95 Å². The molecule has 3 aromatic rings. The Morgan fingerprint density at radius 2 is 1.63 bits per heavy atom. The second kappa shape index (κ2) is 7.76. The maximum atomic E-state index is 14.4. The molecule has 1 saturated carbocycles. The number of benzene rings is 2. The van der Waals surface area contributed by atoms with Crippen molar-refractivity contribution in [2.24, 2.45) is 4.99 Å². The highest BCUT2D eigenvalue weighted by atomic mass is 19.1. The third-order valence-electron chi connectivity index (χ3n) is 4.76. The third kappa shape index (κ3) is 4.09. The van der Waals surface area contributed by atoms with Gasteiger partial charge in [0.05, 0.1) is 12.3 Å². The predicted molar refractivity (Wildman–Crippen MR) is 104 cm³/mol. The lowest BCUT2D eigenvalue weighted by Gasteiger charge is -2.17. The molecule has 5 heteroatoms. The molecule has 1 aliphatic rings. The van der Waals surface area contributed by atoms with Crippen LogP contribution in [0.2, 0.25) is 0 Å². The second-order valence-electron chi connectivity index (χ2n) is 6.72. The van der Waals surface area contributed by atoms with E-state index in [4.69, 9.17) is 0 Å². The van der Waals surface area contributed by atoms with Crippen LogP contribution in [-0.4, -0.2) is 26.9 Å². The number of aliphatic imine (C=N–C) groups is 1. The summed E-state index contributed by atoms with van der Waals surface area (Å²) in [5.74, 6) is -0.203. The number of aromatic nitrogens is 2. The molecule has 1 N–H and O–H groups in total. The van der Waals surface area contributed by atoms with Crippen molar-refractivity contribution in [3.05, 3.63) is 66.6 Å². The van der Waals surface area contributed by atoms with Gasteiger partial charge in [0.1, 0.15) is 5.69 Å². The lowest BCUT2D eigenvalue weighted by molar-refractivity contribution is 0.152. The Morgan fingerprint density at radius 1 is 0.926 bits per heavy atom. The maximum Gasteiger partial charge on any atom is 0.249 e. The van der Waals surface area contributed by atoms with Crippen LogP contribution >= 0.6 is 0 Å². The zero-order valence-electron chi connectivity index (χ0n) is 14.8. The number of halogens is 1. The fourth-order valence-electron chi connectivity index (χ4n) is 3.28. The van der Waals surface area contributed by atoms with Gasteiger partial charge in [0, 0.05) is 11.3 Å². The molecule has 1 aromatic heterocycles. The van der Waals surface area contributed by atoms with E-state index in [9.17, 15) is 9.50 Å². The summed E-state index contributed by atoms with van der Waals surface area (Å²) in [6.45, 7) is 0. The largest absolute Gasteiger partial charge is 0.393 e. The lowest BCUT2D eigenvalue weighted by Crippen LogP contribution is -2.17. The molecule has 0 spiro atoms. The Hall–Kier alpha value is -2.92. The maximum absolute atomic E-state index is 14.4. The molecule has 0 bridgehead atoms. The number of aliphatic hydroxyl groups is 1. The highest BCUT2D eigenvalue weighted by molar-refractivity contribution is 5.87. The quantitative estimate of drug-likeness (QED) is 0.717. The molecule has 0 amide bonds. The number of aliphatic hydroxyl groups excluding tert-OH is 1. The van der Waals surface area contributed by atoms with Crippen LogP contribution < -0.4 is 0 Å². The molecular formula is C22H20FN3O. The molecule has 0 radical (unpaired) electrons. The molecule has 1 heterocycles. The molecule has 27 heavy (non-hydrogen) atoms. The smallest absolute Gasteiger partial charge is 0.249 e. The van der Waals surface area contributed by atoms with Gasteiger partial charge in [-0.15, -0.1) is 0 Å². The van der Waals surface area contributed by atoms with Gasteiger partial charge in [0.15, 0.2) is 5.82 Å². The predicted octanol–water partition coefficient (Wildman–Crippen LogP) is 4.96. The molecule has 136 valence electrons. The average molecular weight is 361 g/mol. The van der Waals surface area contributed by atoms with E-state index < -0.39 is 5.82 Å². The summed E-state index contributed by atoms with van der Waals surface area (Å²) in [5, 5.41) is 9.61. The molecular weight excluding hydrogens is 341 g/mol. The highest BCUT2D eigenvalue weighted by Crippen LogP contribution is 2.28. The van der Waals surface area contributed by atoms with Crippen molar-refractivity contribution >= 4 is 11.7 Å². The van der Waals surface area contributed by atoms with Crippen LogP contribution in [0.15, 0.2) is 65.8 Å². The van der Waals surface area contributed by atoms with E-state index in [1.807, 2.05) is 54.6 Å². The van der Waals surface area contributed by atoms with Crippen molar-refractivity contribution in [2.75, 3.05) is 0 Å². The minimum atomic E-state index is -0.469. The Kier molecular flexibility index (Phi) is 5.03. The van der Waals surface area contributed by atoms with Gasteiger partial charge in [-0.2, -0.15) is 0 Å². The van der Waals surface area contributed by atoms with E-state index in [0.717, 1.165) is 29.7 Å². The minimum absolute atomic E-state index is 0.248. The number of hydrogen-bond acceptors (Lipinski definition) is 4. The van der Waals surface area contributed by atoms with E-state index in [1.54, 1.807) is 0 Å². The Balaban J connectivity index is 1.67. The van der Waals surface area contributed by atoms with Crippen LogP contribution in [0.4, 0.5) is 10.3 Å². The van der Waals surface area contributed by atoms with Crippen molar-refractivity contribution in [3.63, 3.8) is 0 Å². The lowest BCUT2D eigenvalue weighted by atomic mass is 9.96. The van der Waals surface area contributed by atoms with Crippen LogP contribution in [0.3, 0.4) is 0 Å². The Morgan fingerprint density at radius 3 is 2.41 bits per heavy atom. The van der Waals surface area contributed by atoms with Gasteiger partial charge in [-0.05, 0) is 42.9 Å². The van der Waals surface area contributed by atoms with Gasteiger partial charge in [-0.25, -0.2) is 19.4 Å². The molecule has 2 aromatic carbocycles. The summed E-state index contributed by atoms with van der Waals surface area (Å²) in [6.07, 6.45) is 3.77. The number of hydrogen-bond donors (Lipinski definition) is 1. The standard InChI is InChI=1S/C22H20FN3O/c23-20-14-24-22(25-18-9-11-19(27)12-10-18)26-21(20)17-8-4-7-16(13-17)15-5-2-1-3-6-15/h1-8,13-14,19,27H,9-12H2. The van der Waals surface area contributed by atoms with Gasteiger partial charge in [-0.3, -0.25) is 0 Å². The third-order valence-corrected chi connectivity index (χ3v) is 4.76. The molecule has 1 fully saturated rings. The SMILES string of the molecule is OC1CCC(=Nc2ncc(F)c(-c3cccc(-c4ccccc4)c3)n2)CC1. The van der Waals surface area contributed by atoms with Crippen LogP contribution in [0.25, 0.3) is 22.4 Å². The average Bonchev–Trinajstić information content (AvgIpc) is 2.72. The van der Waals surface area contributed by atoms with Crippen LogP contribution in [0.5, 0.6) is 0 Å². The van der Waals surface area contributed by atoms with E-state index in [1.165, 1.54) is 6.20 Å². The highest BCUT2D eigenvalue weighted by Gasteiger charge is 2.16. The van der Waals surface area contributed by atoms with E-state index in [0.29, 0.717) is 18.4 Å². The fraction of sp³-hybridized carbons (Fsp3) is 0.227. The Labute approximate surface area is 157 Å². The fourth-order valence-corrected chi connectivity index (χ4v) is 3.28. The van der Waals surface area contributed by atoms with Crippen molar-refractivity contribution in [2.45, 2.75) is 31.8 Å². The first kappa shape index (κ1) is 17.5. The molecule has 1 aliphatic carbocycles. The van der Waals surface area contributed by atoms with Crippen LogP contribution in [0.1, 0.15) is 25.7 Å². The molecule has 0 saturated heterocycles. The number of nitrogens with zero attached hydrogens (tertiary/aromatic N) is 3. The molecule has 4 nitrogen and oxygen atoms in total. The first-order chi connectivity index (χ1) is 13.2. The summed E-state index contributed by atoms with van der Waals surface area (Å²) >= 11 is 0. The van der Waals surface area contributed by atoms with E-state index in [2.05, 4.69) is 15.0 Å². The monoisotopic (exact) mass is 361 g/mol.